The Morgan fingerprint density at radius 3 is 2.37 bits per heavy atom. The zero-order valence-corrected chi connectivity index (χ0v) is 19.1. The van der Waals surface area contributed by atoms with Crippen molar-refractivity contribution in [3.8, 4) is 0 Å². The van der Waals surface area contributed by atoms with Crippen molar-refractivity contribution in [1.82, 2.24) is 0 Å². The van der Waals surface area contributed by atoms with E-state index in [0.717, 1.165) is 13.1 Å². The third-order valence-corrected chi connectivity index (χ3v) is 9.76. The van der Waals surface area contributed by atoms with Crippen molar-refractivity contribution in [2.24, 2.45) is 0 Å². The summed E-state index contributed by atoms with van der Waals surface area (Å²) in [6.07, 6.45) is 11.3. The fourth-order valence-corrected chi connectivity index (χ4v) is 8.56. The summed E-state index contributed by atoms with van der Waals surface area (Å²) in [5, 5.41) is 0. The van der Waals surface area contributed by atoms with Gasteiger partial charge in [0.1, 0.15) is 0 Å². The molecule has 0 bridgehead atoms. The maximum atomic E-state index is 2.52. The first-order valence-corrected chi connectivity index (χ1v) is 13.0. The van der Waals surface area contributed by atoms with E-state index < -0.39 is 0 Å². The topological polar surface area (TPSA) is 6.48 Å². The van der Waals surface area contributed by atoms with Gasteiger partial charge < -0.3 is 0 Å². The van der Waals surface area contributed by atoms with Gasteiger partial charge in [-0.25, -0.2) is 0 Å². The molecule has 0 aliphatic carbocycles. The van der Waals surface area contributed by atoms with E-state index in [0.29, 0.717) is 34.9 Å². The Morgan fingerprint density at radius 1 is 0.852 bits per heavy atom. The van der Waals surface area contributed by atoms with Gasteiger partial charge in [-0.3, -0.25) is 0 Å². The van der Waals surface area contributed by atoms with Crippen molar-refractivity contribution in [3.05, 3.63) is 83.5 Å². The van der Waals surface area contributed by atoms with Crippen molar-refractivity contribution < 1.29 is 0 Å². The molecule has 0 radical (unpaired) electrons. The van der Waals surface area contributed by atoms with Crippen molar-refractivity contribution in [3.63, 3.8) is 0 Å². The molecule has 0 aromatic heterocycles. The Labute approximate surface area is 175 Å². The van der Waals surface area contributed by atoms with Crippen LogP contribution in [-0.4, -0.2) is 47.9 Å². The van der Waals surface area contributed by atoms with Crippen molar-refractivity contribution in [2.45, 2.75) is 18.8 Å². The SMILES string of the molecule is CCN1C(=CC=CC=CC2[Se]c3ccccc3N2CC)[Se]c2ccccc21. The number of likely N-dealkylation sites (N-methyl/N-ethyl adjacent to an activating group) is 1. The Hall–Kier alpha value is -1.70. The van der Waals surface area contributed by atoms with Gasteiger partial charge >= 0.3 is 175 Å². The summed E-state index contributed by atoms with van der Waals surface area (Å²) in [5.74, 6) is 0. The van der Waals surface area contributed by atoms with E-state index in [1.54, 1.807) is 0 Å². The average Bonchev–Trinajstić information content (AvgIpc) is 3.24. The number of fused-ring (bicyclic) bond motifs is 2. The third-order valence-electron chi connectivity index (χ3n) is 4.76. The molecule has 4 heteroatoms. The van der Waals surface area contributed by atoms with Crippen molar-refractivity contribution in [2.75, 3.05) is 22.9 Å². The van der Waals surface area contributed by atoms with Crippen LogP contribution in [0.4, 0.5) is 11.4 Å². The van der Waals surface area contributed by atoms with Crippen molar-refractivity contribution >= 4 is 50.2 Å². The van der Waals surface area contributed by atoms with E-state index in [1.165, 1.54) is 24.9 Å². The van der Waals surface area contributed by atoms with Gasteiger partial charge in [-0.1, -0.05) is 0 Å². The number of nitrogens with zero attached hydrogens (tertiary/aromatic N) is 2. The molecule has 4 rings (SSSR count). The number of allylic oxidation sites excluding steroid dienone is 4. The predicted molar refractivity (Wildman–Crippen MR) is 120 cm³/mol. The van der Waals surface area contributed by atoms with Gasteiger partial charge in [0.25, 0.3) is 0 Å². The number of rotatable bonds is 5. The second-order valence-electron chi connectivity index (χ2n) is 6.35. The van der Waals surface area contributed by atoms with Crippen LogP contribution in [0.15, 0.2) is 83.5 Å². The third kappa shape index (κ3) is 3.81. The summed E-state index contributed by atoms with van der Waals surface area (Å²) in [6, 6.07) is 17.6. The van der Waals surface area contributed by atoms with Crippen LogP contribution in [-0.2, 0) is 0 Å². The maximum absolute atomic E-state index is 2.52. The zero-order chi connectivity index (χ0) is 18.6. The summed E-state index contributed by atoms with van der Waals surface area (Å²) in [7, 11) is 0. The van der Waals surface area contributed by atoms with Gasteiger partial charge in [-0.2, -0.15) is 0 Å². The molecule has 0 fully saturated rings. The van der Waals surface area contributed by atoms with Crippen LogP contribution in [0.1, 0.15) is 13.8 Å². The number of hydrogen-bond acceptors (Lipinski definition) is 2. The van der Waals surface area contributed by atoms with E-state index in [4.69, 9.17) is 0 Å². The molecule has 2 aliphatic rings. The van der Waals surface area contributed by atoms with Gasteiger partial charge in [-0.05, 0) is 0 Å². The van der Waals surface area contributed by atoms with Gasteiger partial charge in [0.05, 0.1) is 0 Å². The first kappa shape index (κ1) is 18.7. The summed E-state index contributed by atoms with van der Waals surface area (Å²) in [5.41, 5.74) is 2.81. The van der Waals surface area contributed by atoms with E-state index in [2.05, 4.69) is 103 Å². The first-order chi connectivity index (χ1) is 13.3. The van der Waals surface area contributed by atoms with Gasteiger partial charge in [-0.15, -0.1) is 0 Å². The van der Waals surface area contributed by atoms with E-state index in [1.807, 2.05) is 0 Å². The minimum absolute atomic E-state index is 0.413. The molecule has 1 atom stereocenters. The van der Waals surface area contributed by atoms with Crippen LogP contribution in [0, 0.1) is 0 Å². The first-order valence-electron chi connectivity index (χ1n) is 9.43. The number of hydrogen-bond donors (Lipinski definition) is 0. The Morgan fingerprint density at radius 2 is 1.59 bits per heavy atom. The predicted octanol–water partition coefficient (Wildman–Crippen LogP) is 3.01. The molecular weight excluding hydrogens is 462 g/mol. The molecule has 2 aromatic rings. The number of para-hydroxylation sites is 2. The summed E-state index contributed by atoms with van der Waals surface area (Å²) in [4.78, 5) is 5.50. The molecule has 2 heterocycles. The summed E-state index contributed by atoms with van der Waals surface area (Å²) in [6.45, 7) is 6.57. The molecule has 138 valence electrons. The second-order valence-corrected chi connectivity index (χ2v) is 11.0. The van der Waals surface area contributed by atoms with Gasteiger partial charge in [0.2, 0.25) is 0 Å². The van der Waals surface area contributed by atoms with Crippen molar-refractivity contribution in [1.29, 1.82) is 0 Å². The number of benzene rings is 2. The molecule has 0 amide bonds. The Balaban J connectivity index is 1.42. The van der Waals surface area contributed by atoms with E-state index >= 15 is 0 Å². The fourth-order valence-electron chi connectivity index (χ4n) is 3.48. The molecule has 0 spiro atoms. The normalized spacial score (nSPS) is 20.2. The van der Waals surface area contributed by atoms with Crippen LogP contribution >= 0.6 is 0 Å². The molecular formula is C23H24N2Se2. The fraction of sp³-hybridized carbons (Fsp3) is 0.217. The van der Waals surface area contributed by atoms with Crippen LogP contribution in [0.3, 0.4) is 0 Å². The molecule has 2 aliphatic heterocycles. The summed E-state index contributed by atoms with van der Waals surface area (Å²) < 4.78 is 4.47. The van der Waals surface area contributed by atoms with Crippen LogP contribution in [0.25, 0.3) is 0 Å². The number of anilines is 2. The average molecular weight is 486 g/mol. The van der Waals surface area contributed by atoms with E-state index in [-0.39, 0.29) is 0 Å². The van der Waals surface area contributed by atoms with Crippen LogP contribution < -0.4 is 18.7 Å². The van der Waals surface area contributed by atoms with E-state index in [9.17, 15) is 0 Å². The molecule has 2 aromatic carbocycles. The molecule has 27 heavy (non-hydrogen) atoms. The van der Waals surface area contributed by atoms with Crippen LogP contribution in [0.2, 0.25) is 0 Å². The summed E-state index contributed by atoms with van der Waals surface area (Å²) >= 11 is 0.903. The zero-order valence-electron chi connectivity index (χ0n) is 15.7. The second kappa shape index (κ2) is 8.54. The van der Waals surface area contributed by atoms with Gasteiger partial charge in [0.15, 0.2) is 0 Å². The molecule has 1 unspecified atom stereocenters. The molecule has 0 N–H and O–H groups in total. The van der Waals surface area contributed by atoms with Crippen LogP contribution in [0.5, 0.6) is 0 Å². The Bertz CT molecular complexity index is 901. The molecule has 0 saturated carbocycles. The Kier molecular flexibility index (Phi) is 5.90. The van der Waals surface area contributed by atoms with Gasteiger partial charge in [0, 0.05) is 0 Å². The standard InChI is InChI=1S/C23H24N2Se2/c1-3-24-18-12-8-10-14-20(18)26-22(24)16-6-5-7-17-23-25(4-2)19-13-9-11-15-21(19)27-23/h5-17,22H,3-4H2,1-2H3. The molecule has 2 nitrogen and oxygen atoms in total. The minimum atomic E-state index is 0.413. The monoisotopic (exact) mass is 488 g/mol. The quantitative estimate of drug-likeness (QED) is 0.474. The molecule has 0 saturated heterocycles.